The number of halogens is 2. The molecule has 2 N–H and O–H groups in total. The van der Waals surface area contributed by atoms with Crippen LogP contribution in [0.4, 0.5) is 25.1 Å². The Balaban J connectivity index is 1.12. The maximum atomic E-state index is 15.2. The number of rotatable bonds is 9. The van der Waals surface area contributed by atoms with Crippen molar-refractivity contribution in [3.05, 3.63) is 57.9 Å². The summed E-state index contributed by atoms with van der Waals surface area (Å²) < 4.78 is 42.8. The van der Waals surface area contributed by atoms with E-state index in [-0.39, 0.29) is 60.2 Å². The first-order valence-electron chi connectivity index (χ1n) is 14.0. The predicted molar refractivity (Wildman–Crippen MR) is 150 cm³/mol. The summed E-state index contributed by atoms with van der Waals surface area (Å²) in [6, 6.07) is 5.23. The van der Waals surface area contributed by atoms with Gasteiger partial charge in [0.25, 0.3) is 0 Å². The fourth-order valence-corrected chi connectivity index (χ4v) is 5.48. The van der Waals surface area contributed by atoms with Gasteiger partial charge in [-0.25, -0.2) is 23.4 Å². The number of nitrogens with one attached hydrogen (secondary N) is 1. The van der Waals surface area contributed by atoms with Crippen molar-refractivity contribution in [1.29, 1.82) is 0 Å². The molecule has 2 amide bonds. The fourth-order valence-electron chi connectivity index (χ4n) is 5.48. The number of ether oxygens (including phenoxy) is 2. The van der Waals surface area contributed by atoms with E-state index in [9.17, 15) is 28.7 Å². The number of hydrogen-bond donors (Lipinski definition) is 2. The van der Waals surface area contributed by atoms with Crippen LogP contribution in [-0.4, -0.2) is 71.5 Å². The van der Waals surface area contributed by atoms with Crippen molar-refractivity contribution in [2.45, 2.75) is 38.3 Å². The number of cyclic esters (lactones) is 1. The van der Waals surface area contributed by atoms with Gasteiger partial charge in [0.1, 0.15) is 17.3 Å². The van der Waals surface area contributed by atoms with E-state index in [0.29, 0.717) is 25.2 Å². The zero-order valence-electron chi connectivity index (χ0n) is 23.2. The smallest absolute Gasteiger partial charge is 0.414 e. The molecule has 14 heteroatoms. The summed E-state index contributed by atoms with van der Waals surface area (Å²) in [6.45, 7) is 2.67. The minimum Gasteiger partial charge on any atom is -0.490 e. The summed E-state index contributed by atoms with van der Waals surface area (Å²) in [4.78, 5) is 55.2. The molecule has 12 nitrogen and oxygen atoms in total. The molecule has 2 saturated heterocycles. The van der Waals surface area contributed by atoms with Crippen molar-refractivity contribution < 1.29 is 37.7 Å². The summed E-state index contributed by atoms with van der Waals surface area (Å²) >= 11 is 0. The number of aromatic nitrogens is 2. The lowest BCUT2D eigenvalue weighted by Gasteiger charge is -2.20. The molecular formula is C29H29F2N5O7. The van der Waals surface area contributed by atoms with Crippen LogP contribution in [0.3, 0.4) is 0 Å². The number of aromatic carboxylic acids is 1. The quantitative estimate of drug-likeness (QED) is 0.380. The monoisotopic (exact) mass is 597 g/mol. The Morgan fingerprint density at radius 1 is 1.14 bits per heavy atom. The van der Waals surface area contributed by atoms with Crippen LogP contribution in [0, 0.1) is 17.6 Å². The Labute approximate surface area is 243 Å². The average Bonchev–Trinajstić information content (AvgIpc) is 3.58. The van der Waals surface area contributed by atoms with E-state index in [2.05, 4.69) is 10.3 Å². The van der Waals surface area contributed by atoms with Gasteiger partial charge in [0.2, 0.25) is 11.3 Å². The summed E-state index contributed by atoms with van der Waals surface area (Å²) in [5, 5.41) is 12.0. The number of benzene rings is 1. The van der Waals surface area contributed by atoms with Crippen molar-refractivity contribution in [1.82, 2.24) is 14.9 Å². The maximum Gasteiger partial charge on any atom is 0.414 e. The topological polar surface area (TPSA) is 143 Å². The molecule has 6 rings (SSSR count). The average molecular weight is 598 g/mol. The molecule has 0 spiro atoms. The number of carboxylic acid groups (broad SMARTS) is 1. The zero-order chi connectivity index (χ0) is 30.4. The highest BCUT2D eigenvalue weighted by molar-refractivity contribution is 5.92. The third-order valence-corrected chi connectivity index (χ3v) is 7.85. The first-order valence-corrected chi connectivity index (χ1v) is 14.0. The van der Waals surface area contributed by atoms with E-state index in [1.807, 2.05) is 0 Å². The number of carbonyl (C=O) groups excluding carboxylic acids is 2. The van der Waals surface area contributed by atoms with E-state index in [1.165, 1.54) is 30.2 Å². The van der Waals surface area contributed by atoms with Gasteiger partial charge < -0.3 is 29.4 Å². The molecule has 1 aromatic carbocycles. The Kier molecular flexibility index (Phi) is 7.36. The van der Waals surface area contributed by atoms with Crippen molar-refractivity contribution in [2.75, 3.05) is 42.6 Å². The number of hydrogen-bond acceptors (Lipinski definition) is 8. The van der Waals surface area contributed by atoms with Crippen molar-refractivity contribution in [3.8, 4) is 5.75 Å². The summed E-state index contributed by atoms with van der Waals surface area (Å²) in [6.07, 6.45) is 2.35. The molecule has 1 unspecified atom stereocenters. The van der Waals surface area contributed by atoms with Crippen LogP contribution < -0.4 is 25.3 Å². The van der Waals surface area contributed by atoms with Gasteiger partial charge >= 0.3 is 12.1 Å². The number of anilines is 2. The van der Waals surface area contributed by atoms with Crippen molar-refractivity contribution in [2.24, 2.45) is 5.92 Å². The minimum atomic E-state index is -1.37. The standard InChI is InChI=1S/C29H29F2N5O7/c1-15(37)32-10-19-12-36(29(41)43-19)18-4-5-24(22(30)8-18)42-14-16-6-7-34(11-16)27-23(31)9-20-25(38)21(28(39)40)13-35(17-2-3-17)26(20)33-27/h4-5,8-9,13,16-17,19H,2-3,6-7,10-12,14H2,1H3,(H,32,37)(H,39,40)/t16?,19-/m0/s1. The van der Waals surface area contributed by atoms with Gasteiger partial charge in [-0.3, -0.25) is 14.5 Å². The SMILES string of the molecule is CC(=O)NC[C@H]1CN(c2ccc(OCC3CCN(c4nc5c(cc4F)c(=O)c(C(=O)O)cn5C4CC4)C3)c(F)c2)C(=O)O1. The number of amides is 2. The van der Waals surface area contributed by atoms with Crippen LogP contribution in [0.2, 0.25) is 0 Å². The van der Waals surface area contributed by atoms with Crippen LogP contribution in [0.15, 0.2) is 35.3 Å². The first kappa shape index (κ1) is 28.4. The van der Waals surface area contributed by atoms with E-state index in [0.717, 1.165) is 18.9 Å². The molecule has 4 heterocycles. The van der Waals surface area contributed by atoms with E-state index < -0.39 is 40.8 Å². The zero-order valence-corrected chi connectivity index (χ0v) is 23.2. The van der Waals surface area contributed by atoms with Gasteiger partial charge in [0.15, 0.2) is 23.2 Å². The third kappa shape index (κ3) is 5.68. The largest absolute Gasteiger partial charge is 0.490 e. The summed E-state index contributed by atoms with van der Waals surface area (Å²) in [5.74, 6) is -3.01. The molecule has 226 valence electrons. The van der Waals surface area contributed by atoms with Crippen molar-refractivity contribution in [3.63, 3.8) is 0 Å². The Hall–Kier alpha value is -4.75. The molecule has 1 saturated carbocycles. The van der Waals surface area contributed by atoms with E-state index in [4.69, 9.17) is 9.47 Å². The number of carbonyl (C=O) groups is 3. The number of carboxylic acids is 1. The van der Waals surface area contributed by atoms with Crippen LogP contribution in [0.1, 0.15) is 42.6 Å². The molecular weight excluding hydrogens is 568 g/mol. The second-order valence-electron chi connectivity index (χ2n) is 11.1. The van der Waals surface area contributed by atoms with Gasteiger partial charge in [0, 0.05) is 44.2 Å². The van der Waals surface area contributed by atoms with Crippen LogP contribution in [0.5, 0.6) is 5.75 Å². The predicted octanol–water partition coefficient (Wildman–Crippen LogP) is 3.07. The highest BCUT2D eigenvalue weighted by Crippen LogP contribution is 2.37. The molecule has 0 radical (unpaired) electrons. The third-order valence-electron chi connectivity index (χ3n) is 7.85. The second kappa shape index (κ2) is 11.2. The van der Waals surface area contributed by atoms with Gasteiger partial charge in [0.05, 0.1) is 30.8 Å². The Bertz CT molecular complexity index is 1690. The molecule has 2 aliphatic heterocycles. The minimum absolute atomic E-state index is 0.00209. The first-order chi connectivity index (χ1) is 20.6. The highest BCUT2D eigenvalue weighted by atomic mass is 19.1. The Morgan fingerprint density at radius 3 is 2.63 bits per heavy atom. The maximum absolute atomic E-state index is 15.2. The lowest BCUT2D eigenvalue weighted by atomic mass is 10.1. The van der Waals surface area contributed by atoms with Crippen LogP contribution in [-0.2, 0) is 9.53 Å². The van der Waals surface area contributed by atoms with Crippen LogP contribution in [0.25, 0.3) is 11.0 Å². The van der Waals surface area contributed by atoms with Crippen molar-refractivity contribution >= 4 is 40.5 Å². The Morgan fingerprint density at radius 2 is 1.93 bits per heavy atom. The number of nitrogens with zero attached hydrogens (tertiary/aromatic N) is 4. The molecule has 0 bridgehead atoms. The molecule has 3 fully saturated rings. The van der Waals surface area contributed by atoms with Crippen LogP contribution >= 0.6 is 0 Å². The van der Waals surface area contributed by atoms with E-state index >= 15 is 4.39 Å². The lowest BCUT2D eigenvalue weighted by molar-refractivity contribution is -0.119. The highest BCUT2D eigenvalue weighted by Gasteiger charge is 2.34. The van der Waals surface area contributed by atoms with Gasteiger partial charge in [-0.2, -0.15) is 0 Å². The molecule has 1 aliphatic carbocycles. The van der Waals surface area contributed by atoms with E-state index in [1.54, 1.807) is 15.5 Å². The summed E-state index contributed by atoms with van der Waals surface area (Å²) in [7, 11) is 0. The molecule has 2 atom stereocenters. The molecule has 3 aliphatic rings. The number of pyridine rings is 2. The van der Waals surface area contributed by atoms with Gasteiger partial charge in [-0.1, -0.05) is 0 Å². The fraction of sp³-hybridized carbons (Fsp3) is 0.414. The summed E-state index contributed by atoms with van der Waals surface area (Å²) in [5.41, 5.74) is -0.646. The molecule has 2 aromatic heterocycles. The molecule has 3 aromatic rings. The second-order valence-corrected chi connectivity index (χ2v) is 11.1. The normalized spacial score (nSPS) is 20.0. The number of fused-ring (bicyclic) bond motifs is 1. The van der Waals surface area contributed by atoms with Gasteiger partial charge in [-0.15, -0.1) is 0 Å². The molecule has 43 heavy (non-hydrogen) atoms. The van der Waals surface area contributed by atoms with Gasteiger partial charge in [-0.05, 0) is 37.5 Å². The lowest BCUT2D eigenvalue weighted by Crippen LogP contribution is -2.33.